The van der Waals surface area contributed by atoms with Gasteiger partial charge in [0.15, 0.2) is 0 Å². The minimum absolute atomic E-state index is 0.618. The molecule has 1 N–H and O–H groups in total. The molecule has 1 aromatic rings. The second-order valence-corrected chi connectivity index (χ2v) is 15.4. The maximum absolute atomic E-state index is 3.76. The van der Waals surface area contributed by atoms with E-state index in [9.17, 15) is 0 Å². The van der Waals surface area contributed by atoms with Gasteiger partial charge in [0.05, 0.1) is 12.0 Å². The lowest BCUT2D eigenvalue weighted by atomic mass is 9.92. The van der Waals surface area contributed by atoms with Crippen LogP contribution in [0.3, 0.4) is 0 Å². The summed E-state index contributed by atoms with van der Waals surface area (Å²) in [6, 6.07) is 0.618. The Kier molecular flexibility index (Phi) is 32.0. The Labute approximate surface area is 291 Å². The highest BCUT2D eigenvalue weighted by Gasteiger charge is 2.25. The fourth-order valence-electron chi connectivity index (χ4n) is 7.66. The van der Waals surface area contributed by atoms with Gasteiger partial charge in [-0.3, -0.25) is 0 Å². The number of rotatable bonds is 37. The van der Waals surface area contributed by atoms with E-state index >= 15 is 0 Å². The number of H-pyrrole nitrogens is 1. The predicted molar refractivity (Wildman–Crippen MR) is 207 cm³/mol. The molecule has 2 heteroatoms. The molecule has 0 saturated heterocycles. The van der Waals surface area contributed by atoms with E-state index in [0.717, 1.165) is 0 Å². The van der Waals surface area contributed by atoms with Crippen LogP contribution >= 0.6 is 0 Å². The lowest BCUT2D eigenvalue weighted by molar-refractivity contribution is -0.727. The third kappa shape index (κ3) is 25.3. The molecule has 1 aromatic heterocycles. The number of unbranched alkanes of at least 4 members (excludes halogenated alkanes) is 29. The largest absolute Gasteiger partial charge is 0.257 e. The van der Waals surface area contributed by atoms with Gasteiger partial charge in [-0.15, -0.1) is 0 Å². The van der Waals surface area contributed by atoms with Gasteiger partial charge < -0.3 is 0 Å². The molecule has 0 bridgehead atoms. The Balaban J connectivity index is 2.34. The summed E-state index contributed by atoms with van der Waals surface area (Å²) in [4.78, 5) is 3.76. The fourth-order valence-corrected chi connectivity index (χ4v) is 7.66. The summed E-state index contributed by atoms with van der Waals surface area (Å²) >= 11 is 0. The minimum Gasteiger partial charge on any atom is -0.247 e. The lowest BCUT2D eigenvalue weighted by Gasteiger charge is -2.17. The van der Waals surface area contributed by atoms with Crippen LogP contribution in [0.4, 0.5) is 0 Å². The normalized spacial score (nSPS) is 13.0. The molecule has 0 spiro atoms. The molecule has 2 nitrogen and oxygen atoms in total. The quantitative estimate of drug-likeness (QED) is 0.0550. The number of hydrogen-bond donors (Lipinski definition) is 1. The molecule has 2 atom stereocenters. The van der Waals surface area contributed by atoms with Gasteiger partial charge in [-0.2, -0.15) is 0 Å². The van der Waals surface area contributed by atoms with Gasteiger partial charge in [0, 0.05) is 0 Å². The first-order valence-electron chi connectivity index (χ1n) is 21.8. The average Bonchev–Trinajstić information content (AvgIpc) is 3.56. The topological polar surface area (TPSA) is 19.7 Å². The van der Waals surface area contributed by atoms with E-state index in [-0.39, 0.29) is 0 Å². The monoisotopic (exact) mass is 644 g/mol. The van der Waals surface area contributed by atoms with Crippen LogP contribution < -0.4 is 4.57 Å². The molecule has 46 heavy (non-hydrogen) atoms. The van der Waals surface area contributed by atoms with Crippen LogP contribution in [0.25, 0.3) is 0 Å². The van der Waals surface area contributed by atoms with Crippen molar-refractivity contribution in [3.8, 4) is 0 Å². The number of aromatic nitrogens is 2. The number of aromatic amines is 1. The molecule has 0 aliphatic heterocycles. The predicted octanol–water partition coefficient (Wildman–Crippen LogP) is 15.7. The Morgan fingerprint density at radius 1 is 0.413 bits per heavy atom. The second kappa shape index (κ2) is 34.1. The van der Waals surface area contributed by atoms with Gasteiger partial charge in [0.1, 0.15) is 12.4 Å². The van der Waals surface area contributed by atoms with Crippen molar-refractivity contribution >= 4 is 0 Å². The standard InChI is InChI=1S/C44H86N2/c1-5-8-11-14-17-19-21-22-23-24-25-27-30-33-36-39-43(38-35-32-28-16-13-10-7-3)44-45-40-41-46(44)42(4)37-34-31-29-26-20-18-15-12-9-6-2/h40-43H,5-39H2,1-4H3/p+1. The van der Waals surface area contributed by atoms with E-state index in [1.54, 1.807) is 0 Å². The molecule has 272 valence electrons. The van der Waals surface area contributed by atoms with Crippen molar-refractivity contribution in [2.75, 3.05) is 0 Å². The summed E-state index contributed by atoms with van der Waals surface area (Å²) < 4.78 is 2.64. The maximum Gasteiger partial charge on any atom is 0.257 e. The highest BCUT2D eigenvalue weighted by Crippen LogP contribution is 2.27. The first-order valence-corrected chi connectivity index (χ1v) is 21.8. The van der Waals surface area contributed by atoms with Crippen LogP contribution in [0.1, 0.15) is 270 Å². The number of nitrogens with zero attached hydrogens (tertiary/aromatic N) is 1. The summed E-state index contributed by atoms with van der Waals surface area (Å²) in [5.41, 5.74) is 0. The van der Waals surface area contributed by atoms with Gasteiger partial charge in [0.2, 0.25) is 0 Å². The minimum atomic E-state index is 0.618. The molecule has 0 fully saturated rings. The van der Waals surface area contributed by atoms with Crippen molar-refractivity contribution in [3.05, 3.63) is 18.2 Å². The summed E-state index contributed by atoms with van der Waals surface area (Å²) in [5, 5.41) is 0. The third-order valence-corrected chi connectivity index (χ3v) is 10.9. The SMILES string of the molecule is CCCCCCCCCCCCCCCCCC(CCCCCCCCC)c1[nH]cc[n+]1C(C)CCCCCCCCCCCC. The van der Waals surface area contributed by atoms with Crippen molar-refractivity contribution in [2.24, 2.45) is 0 Å². The van der Waals surface area contributed by atoms with Crippen LogP contribution in [-0.4, -0.2) is 4.98 Å². The molecule has 0 aromatic carbocycles. The summed E-state index contributed by atoms with van der Waals surface area (Å²) in [6.07, 6.45) is 54.6. The first-order chi connectivity index (χ1) is 22.7. The third-order valence-electron chi connectivity index (χ3n) is 10.9. The lowest BCUT2D eigenvalue weighted by Crippen LogP contribution is -2.41. The highest BCUT2D eigenvalue weighted by molar-refractivity contribution is 4.90. The highest BCUT2D eigenvalue weighted by atomic mass is 15.1. The Morgan fingerprint density at radius 2 is 0.696 bits per heavy atom. The molecule has 0 radical (unpaired) electrons. The van der Waals surface area contributed by atoms with E-state index in [2.05, 4.69) is 49.6 Å². The van der Waals surface area contributed by atoms with E-state index in [1.165, 1.54) is 231 Å². The van der Waals surface area contributed by atoms with Crippen molar-refractivity contribution in [3.63, 3.8) is 0 Å². The fraction of sp³-hybridized carbons (Fsp3) is 0.932. The molecular formula is C44H87N2+. The zero-order chi connectivity index (χ0) is 33.2. The molecule has 0 amide bonds. The molecule has 0 aliphatic rings. The first kappa shape index (κ1) is 43.2. The Bertz CT molecular complexity index is 709. The van der Waals surface area contributed by atoms with E-state index in [0.29, 0.717) is 12.0 Å². The summed E-state index contributed by atoms with van der Waals surface area (Å²) in [7, 11) is 0. The smallest absolute Gasteiger partial charge is 0.247 e. The van der Waals surface area contributed by atoms with E-state index in [4.69, 9.17) is 0 Å². The van der Waals surface area contributed by atoms with Gasteiger partial charge in [-0.1, -0.05) is 220 Å². The zero-order valence-electron chi connectivity index (χ0n) is 32.5. The van der Waals surface area contributed by atoms with Gasteiger partial charge in [0.25, 0.3) is 5.82 Å². The van der Waals surface area contributed by atoms with Gasteiger partial charge in [-0.25, -0.2) is 9.55 Å². The maximum atomic E-state index is 3.76. The zero-order valence-corrected chi connectivity index (χ0v) is 32.5. The van der Waals surface area contributed by atoms with Gasteiger partial charge in [-0.05, 0) is 32.6 Å². The molecule has 0 saturated carbocycles. The van der Waals surface area contributed by atoms with Crippen molar-refractivity contribution < 1.29 is 4.57 Å². The molecule has 2 unspecified atom stereocenters. The van der Waals surface area contributed by atoms with E-state index < -0.39 is 0 Å². The van der Waals surface area contributed by atoms with Crippen LogP contribution in [0, 0.1) is 0 Å². The molecule has 1 rings (SSSR count). The van der Waals surface area contributed by atoms with E-state index in [1.807, 2.05) is 0 Å². The number of hydrogen-bond acceptors (Lipinski definition) is 0. The molecular weight excluding hydrogens is 556 g/mol. The van der Waals surface area contributed by atoms with Crippen LogP contribution in [0.2, 0.25) is 0 Å². The van der Waals surface area contributed by atoms with Crippen molar-refractivity contribution in [2.45, 2.75) is 264 Å². The average molecular weight is 644 g/mol. The Morgan fingerprint density at radius 3 is 1.02 bits per heavy atom. The molecule has 0 aliphatic carbocycles. The van der Waals surface area contributed by atoms with Crippen LogP contribution in [0.15, 0.2) is 12.4 Å². The molecule has 1 heterocycles. The number of nitrogens with one attached hydrogen (secondary N) is 1. The number of imidazole rings is 1. The van der Waals surface area contributed by atoms with Crippen LogP contribution in [0.5, 0.6) is 0 Å². The second-order valence-electron chi connectivity index (χ2n) is 15.4. The van der Waals surface area contributed by atoms with Crippen LogP contribution in [-0.2, 0) is 0 Å². The van der Waals surface area contributed by atoms with Gasteiger partial charge >= 0.3 is 0 Å². The summed E-state index contributed by atoms with van der Waals surface area (Å²) in [6.45, 7) is 9.43. The summed E-state index contributed by atoms with van der Waals surface area (Å²) in [5.74, 6) is 2.25. The van der Waals surface area contributed by atoms with Crippen molar-refractivity contribution in [1.82, 2.24) is 4.98 Å². The van der Waals surface area contributed by atoms with Crippen molar-refractivity contribution in [1.29, 1.82) is 0 Å². The Hall–Kier alpha value is -0.790.